The van der Waals surface area contributed by atoms with Crippen molar-refractivity contribution in [1.82, 2.24) is 4.98 Å². The van der Waals surface area contributed by atoms with E-state index in [0.717, 1.165) is 11.8 Å². The Morgan fingerprint density at radius 3 is 2.76 bits per heavy atom. The van der Waals surface area contributed by atoms with E-state index in [1.165, 1.54) is 35.7 Å². The Morgan fingerprint density at radius 1 is 1.12 bits per heavy atom. The number of aromatic amines is 1. The van der Waals surface area contributed by atoms with Gasteiger partial charge < -0.3 is 10.7 Å². The van der Waals surface area contributed by atoms with Crippen LogP contribution in [0.2, 0.25) is 0 Å². The van der Waals surface area contributed by atoms with Gasteiger partial charge in [0.2, 0.25) is 0 Å². The molecule has 17 heavy (non-hydrogen) atoms. The predicted molar refractivity (Wildman–Crippen MR) is 69.8 cm³/mol. The van der Waals surface area contributed by atoms with Crippen LogP contribution in [0.4, 0.5) is 0 Å². The molecule has 2 aliphatic rings. The minimum Gasteiger partial charge on any atom is -0.361 e. The largest absolute Gasteiger partial charge is 0.361 e. The molecule has 0 spiro atoms. The van der Waals surface area contributed by atoms with E-state index in [2.05, 4.69) is 35.4 Å². The van der Waals surface area contributed by atoms with Gasteiger partial charge in [-0.25, -0.2) is 0 Å². The van der Waals surface area contributed by atoms with Crippen LogP contribution in [0.15, 0.2) is 30.5 Å². The van der Waals surface area contributed by atoms with E-state index in [1.54, 1.807) is 0 Å². The second kappa shape index (κ2) is 3.36. The monoisotopic (exact) mass is 226 g/mol. The second-order valence-electron chi connectivity index (χ2n) is 5.73. The number of hydrogen-bond donors (Lipinski definition) is 2. The van der Waals surface area contributed by atoms with E-state index in [9.17, 15) is 0 Å². The van der Waals surface area contributed by atoms with Gasteiger partial charge >= 0.3 is 0 Å². The summed E-state index contributed by atoms with van der Waals surface area (Å²) >= 11 is 0. The molecule has 2 aliphatic carbocycles. The standard InChI is InChI=1S/C15H18N2/c16-15-10-6-5-9(7-10)14(15)12-8-17-13-4-2-1-3-11(12)13/h1-4,8-10,14-15,17H,5-7,16H2/t9-,10+,14-,15+/m1/s1. The van der Waals surface area contributed by atoms with Gasteiger partial charge in [0, 0.05) is 29.1 Å². The van der Waals surface area contributed by atoms with Crippen LogP contribution in [0.3, 0.4) is 0 Å². The number of rotatable bonds is 1. The van der Waals surface area contributed by atoms with Crippen molar-refractivity contribution in [3.05, 3.63) is 36.0 Å². The maximum atomic E-state index is 6.43. The average molecular weight is 226 g/mol. The molecule has 88 valence electrons. The molecule has 1 aromatic heterocycles. The molecule has 2 bridgehead atoms. The van der Waals surface area contributed by atoms with Crippen LogP contribution in [0.1, 0.15) is 30.7 Å². The minimum absolute atomic E-state index is 0.382. The van der Waals surface area contributed by atoms with Crippen molar-refractivity contribution >= 4 is 10.9 Å². The average Bonchev–Trinajstić information content (AvgIpc) is 3.02. The molecular formula is C15H18N2. The van der Waals surface area contributed by atoms with Crippen molar-refractivity contribution in [2.75, 3.05) is 0 Å². The zero-order valence-corrected chi connectivity index (χ0v) is 9.89. The number of para-hydroxylation sites is 1. The predicted octanol–water partition coefficient (Wildman–Crippen LogP) is 3.01. The first-order valence-electron chi connectivity index (χ1n) is 6.66. The molecule has 2 heteroatoms. The maximum Gasteiger partial charge on any atom is 0.0456 e. The molecule has 3 N–H and O–H groups in total. The Balaban J connectivity index is 1.84. The SMILES string of the molecule is N[C@H]1[C@H]2CC[C@H](C2)[C@@H]1c1c[nH]c2ccccc12. The third-order valence-electron chi connectivity index (χ3n) is 4.96. The highest BCUT2D eigenvalue weighted by Crippen LogP contribution is 2.53. The van der Waals surface area contributed by atoms with Gasteiger partial charge in [0.05, 0.1) is 0 Å². The first-order chi connectivity index (χ1) is 8.34. The van der Waals surface area contributed by atoms with Gasteiger partial charge in [-0.1, -0.05) is 18.2 Å². The lowest BCUT2D eigenvalue weighted by molar-refractivity contribution is 0.367. The molecule has 0 radical (unpaired) electrons. The van der Waals surface area contributed by atoms with Crippen LogP contribution >= 0.6 is 0 Å². The number of fused-ring (bicyclic) bond motifs is 3. The topological polar surface area (TPSA) is 41.8 Å². The molecule has 1 heterocycles. The highest BCUT2D eigenvalue weighted by atomic mass is 14.8. The quantitative estimate of drug-likeness (QED) is 0.771. The highest BCUT2D eigenvalue weighted by molar-refractivity contribution is 5.83. The lowest BCUT2D eigenvalue weighted by Gasteiger charge is -2.27. The summed E-state index contributed by atoms with van der Waals surface area (Å²) in [5, 5.41) is 1.38. The Morgan fingerprint density at radius 2 is 1.94 bits per heavy atom. The van der Waals surface area contributed by atoms with E-state index in [0.29, 0.717) is 12.0 Å². The number of benzene rings is 1. The van der Waals surface area contributed by atoms with Crippen LogP contribution in [0.5, 0.6) is 0 Å². The Kier molecular flexibility index (Phi) is 1.92. The summed E-state index contributed by atoms with van der Waals surface area (Å²) in [6.07, 6.45) is 6.27. The van der Waals surface area contributed by atoms with Crippen molar-refractivity contribution in [2.45, 2.75) is 31.2 Å². The fourth-order valence-corrected chi connectivity index (χ4v) is 4.17. The second-order valence-corrected chi connectivity index (χ2v) is 5.73. The van der Waals surface area contributed by atoms with Gasteiger partial charge in [0.1, 0.15) is 0 Å². The zero-order valence-electron chi connectivity index (χ0n) is 9.89. The molecule has 0 amide bonds. The van der Waals surface area contributed by atoms with Crippen LogP contribution in [0, 0.1) is 11.8 Å². The van der Waals surface area contributed by atoms with Gasteiger partial charge in [-0.3, -0.25) is 0 Å². The van der Waals surface area contributed by atoms with E-state index >= 15 is 0 Å². The highest BCUT2D eigenvalue weighted by Gasteiger charge is 2.46. The molecule has 1 aromatic carbocycles. The van der Waals surface area contributed by atoms with E-state index in [-0.39, 0.29) is 0 Å². The van der Waals surface area contributed by atoms with Crippen molar-refractivity contribution in [2.24, 2.45) is 17.6 Å². The Labute approximate surface area is 101 Å². The van der Waals surface area contributed by atoms with Crippen LogP contribution in [0.25, 0.3) is 10.9 Å². The molecular weight excluding hydrogens is 208 g/mol. The van der Waals surface area contributed by atoms with Gasteiger partial charge in [-0.2, -0.15) is 0 Å². The molecule has 0 unspecified atom stereocenters. The van der Waals surface area contributed by atoms with Gasteiger partial charge in [0.15, 0.2) is 0 Å². The zero-order chi connectivity index (χ0) is 11.4. The van der Waals surface area contributed by atoms with E-state index in [4.69, 9.17) is 5.73 Å². The molecule has 2 saturated carbocycles. The third-order valence-corrected chi connectivity index (χ3v) is 4.96. The Hall–Kier alpha value is -1.28. The van der Waals surface area contributed by atoms with Crippen molar-refractivity contribution < 1.29 is 0 Å². The summed E-state index contributed by atoms with van der Waals surface area (Å²) in [4.78, 5) is 3.39. The maximum absolute atomic E-state index is 6.43. The third kappa shape index (κ3) is 1.25. The normalized spacial score (nSPS) is 35.8. The van der Waals surface area contributed by atoms with Crippen LogP contribution in [-0.4, -0.2) is 11.0 Å². The van der Waals surface area contributed by atoms with Crippen molar-refractivity contribution in [1.29, 1.82) is 0 Å². The summed E-state index contributed by atoms with van der Waals surface area (Å²) < 4.78 is 0. The number of hydrogen-bond acceptors (Lipinski definition) is 1. The van der Waals surface area contributed by atoms with E-state index < -0.39 is 0 Å². The summed E-state index contributed by atoms with van der Waals surface area (Å²) in [5.41, 5.74) is 9.14. The fraction of sp³-hybridized carbons (Fsp3) is 0.467. The first kappa shape index (κ1) is 9.72. The van der Waals surface area contributed by atoms with Gasteiger partial charge in [-0.05, 0) is 42.7 Å². The summed E-state index contributed by atoms with van der Waals surface area (Å²) in [7, 11) is 0. The summed E-state index contributed by atoms with van der Waals surface area (Å²) in [6, 6.07) is 8.96. The first-order valence-corrected chi connectivity index (χ1v) is 6.66. The van der Waals surface area contributed by atoms with E-state index in [1.807, 2.05) is 0 Å². The summed E-state index contributed by atoms with van der Waals surface area (Å²) in [5.74, 6) is 2.19. The number of H-pyrrole nitrogens is 1. The summed E-state index contributed by atoms with van der Waals surface area (Å²) in [6.45, 7) is 0. The molecule has 0 saturated heterocycles. The fourth-order valence-electron chi connectivity index (χ4n) is 4.17. The molecule has 4 atom stereocenters. The molecule has 2 fully saturated rings. The van der Waals surface area contributed by atoms with Crippen LogP contribution in [-0.2, 0) is 0 Å². The number of nitrogens with one attached hydrogen (secondary N) is 1. The molecule has 2 nitrogen and oxygen atoms in total. The Bertz CT molecular complexity index is 555. The smallest absolute Gasteiger partial charge is 0.0456 e. The minimum atomic E-state index is 0.382. The lowest BCUT2D eigenvalue weighted by atomic mass is 9.80. The van der Waals surface area contributed by atoms with Gasteiger partial charge in [-0.15, -0.1) is 0 Å². The number of aromatic nitrogens is 1. The van der Waals surface area contributed by atoms with Crippen LogP contribution < -0.4 is 5.73 Å². The van der Waals surface area contributed by atoms with Crippen molar-refractivity contribution in [3.8, 4) is 0 Å². The molecule has 4 rings (SSSR count). The lowest BCUT2D eigenvalue weighted by Crippen LogP contribution is -2.33. The van der Waals surface area contributed by atoms with Crippen molar-refractivity contribution in [3.63, 3.8) is 0 Å². The van der Waals surface area contributed by atoms with Gasteiger partial charge in [0.25, 0.3) is 0 Å². The number of nitrogens with two attached hydrogens (primary N) is 1. The molecule has 2 aromatic rings. The molecule has 0 aliphatic heterocycles.